The predicted molar refractivity (Wildman–Crippen MR) is 90.1 cm³/mol. The van der Waals surface area contributed by atoms with Crippen molar-refractivity contribution in [2.45, 2.75) is 31.7 Å². The molecule has 0 aliphatic carbocycles. The molecule has 0 saturated carbocycles. The van der Waals surface area contributed by atoms with Crippen LogP contribution in [0.3, 0.4) is 0 Å². The van der Waals surface area contributed by atoms with Gasteiger partial charge in [0.15, 0.2) is 5.82 Å². The number of rotatable bonds is 3. The van der Waals surface area contributed by atoms with Gasteiger partial charge in [0.2, 0.25) is 0 Å². The Morgan fingerprint density at radius 1 is 1.24 bits per heavy atom. The Morgan fingerprint density at radius 2 is 2.20 bits per heavy atom. The first-order valence-electron chi connectivity index (χ1n) is 8.48. The highest BCUT2D eigenvalue weighted by Crippen LogP contribution is 2.31. The highest BCUT2D eigenvalue weighted by molar-refractivity contribution is 5.94. The van der Waals surface area contributed by atoms with Gasteiger partial charge < -0.3 is 9.32 Å². The lowest BCUT2D eigenvalue weighted by Gasteiger charge is -2.28. The van der Waals surface area contributed by atoms with E-state index in [9.17, 15) is 4.79 Å². The number of likely N-dealkylation sites (tertiary alicyclic amines) is 1. The number of nitrogens with zero attached hydrogens (tertiary/aromatic N) is 5. The molecule has 1 aliphatic heterocycles. The van der Waals surface area contributed by atoms with Gasteiger partial charge in [-0.3, -0.25) is 4.79 Å². The number of amides is 1. The number of hydrogen-bond acceptors (Lipinski definition) is 5. The monoisotopic (exact) mass is 337 g/mol. The summed E-state index contributed by atoms with van der Waals surface area (Å²) in [6.45, 7) is 0.727. The minimum atomic E-state index is -0.0204. The summed E-state index contributed by atoms with van der Waals surface area (Å²) < 4.78 is 7.14. The van der Waals surface area contributed by atoms with E-state index < -0.39 is 0 Å². The van der Waals surface area contributed by atoms with E-state index in [2.05, 4.69) is 15.1 Å². The average Bonchev–Trinajstić information content (AvgIpc) is 3.32. The predicted octanol–water partition coefficient (Wildman–Crippen LogP) is 3.01. The third-order valence-electron chi connectivity index (χ3n) is 4.53. The van der Waals surface area contributed by atoms with Crippen LogP contribution in [0.4, 0.5) is 0 Å². The van der Waals surface area contributed by atoms with Crippen molar-refractivity contribution < 1.29 is 9.21 Å². The van der Waals surface area contributed by atoms with Gasteiger partial charge in [-0.2, -0.15) is 5.10 Å². The molecule has 4 rings (SSSR count). The van der Waals surface area contributed by atoms with Crippen LogP contribution >= 0.6 is 0 Å². The maximum absolute atomic E-state index is 13.2. The first-order valence-corrected chi connectivity index (χ1v) is 8.48. The van der Waals surface area contributed by atoms with E-state index >= 15 is 0 Å². The number of furan rings is 1. The fraction of sp³-hybridized carbons (Fsp3) is 0.333. The topological polar surface area (TPSA) is 77.1 Å². The number of carbonyl (C=O) groups excluding carboxylic acids is 1. The molecule has 0 N–H and O–H groups in total. The number of hydrogen-bond donors (Lipinski definition) is 0. The van der Waals surface area contributed by atoms with Crippen LogP contribution in [0.5, 0.6) is 0 Å². The van der Waals surface area contributed by atoms with Crippen LogP contribution in [-0.4, -0.2) is 37.1 Å². The van der Waals surface area contributed by atoms with E-state index in [0.29, 0.717) is 11.4 Å². The van der Waals surface area contributed by atoms with Gasteiger partial charge >= 0.3 is 0 Å². The normalized spacial score (nSPS) is 18.1. The van der Waals surface area contributed by atoms with Gasteiger partial charge in [-0.25, -0.2) is 14.6 Å². The molecular weight excluding hydrogens is 318 g/mol. The van der Waals surface area contributed by atoms with Gasteiger partial charge in [0.25, 0.3) is 5.91 Å². The van der Waals surface area contributed by atoms with E-state index in [-0.39, 0.29) is 11.9 Å². The minimum absolute atomic E-state index is 0.00735. The average molecular weight is 337 g/mol. The van der Waals surface area contributed by atoms with Crippen molar-refractivity contribution in [3.63, 3.8) is 0 Å². The second-order valence-corrected chi connectivity index (χ2v) is 6.12. The van der Waals surface area contributed by atoms with Crippen LogP contribution < -0.4 is 0 Å². The maximum Gasteiger partial charge on any atom is 0.254 e. The molecule has 4 heterocycles. The van der Waals surface area contributed by atoms with Gasteiger partial charge in [0.05, 0.1) is 12.3 Å². The quantitative estimate of drug-likeness (QED) is 0.734. The zero-order valence-electron chi connectivity index (χ0n) is 13.8. The summed E-state index contributed by atoms with van der Waals surface area (Å²) >= 11 is 0. The molecule has 1 atom stereocenters. The molecule has 0 aromatic carbocycles. The number of aromatic nitrogens is 4. The fourth-order valence-electron chi connectivity index (χ4n) is 3.30. The van der Waals surface area contributed by atoms with Crippen molar-refractivity contribution in [2.24, 2.45) is 0 Å². The van der Waals surface area contributed by atoms with Gasteiger partial charge in [-0.1, -0.05) is 12.8 Å². The van der Waals surface area contributed by atoms with Crippen LogP contribution in [0, 0.1) is 0 Å². The number of carbonyl (C=O) groups is 1. The molecule has 7 heteroatoms. The van der Waals surface area contributed by atoms with Crippen molar-refractivity contribution in [3.8, 4) is 5.82 Å². The fourth-order valence-corrected chi connectivity index (χ4v) is 3.30. The summed E-state index contributed by atoms with van der Waals surface area (Å²) in [6, 6.07) is 7.29. The molecule has 0 radical (unpaired) electrons. The lowest BCUT2D eigenvalue weighted by molar-refractivity contribution is 0.0658. The lowest BCUT2D eigenvalue weighted by atomic mass is 10.1. The Kier molecular flexibility index (Phi) is 4.28. The molecule has 128 valence electrons. The molecule has 0 spiro atoms. The van der Waals surface area contributed by atoms with Crippen molar-refractivity contribution in [1.29, 1.82) is 0 Å². The third kappa shape index (κ3) is 3.17. The Balaban J connectivity index is 1.65. The lowest BCUT2D eigenvalue weighted by Crippen LogP contribution is -2.34. The van der Waals surface area contributed by atoms with Crippen LogP contribution in [0.1, 0.15) is 47.8 Å². The first kappa shape index (κ1) is 15.6. The largest absolute Gasteiger partial charge is 0.467 e. The highest BCUT2D eigenvalue weighted by Gasteiger charge is 2.29. The highest BCUT2D eigenvalue weighted by atomic mass is 16.3. The molecule has 3 aromatic heterocycles. The molecule has 0 unspecified atom stereocenters. The third-order valence-corrected chi connectivity index (χ3v) is 4.53. The molecule has 1 fully saturated rings. The summed E-state index contributed by atoms with van der Waals surface area (Å²) in [5.41, 5.74) is 0.596. The van der Waals surface area contributed by atoms with E-state index in [1.807, 2.05) is 17.0 Å². The Bertz CT molecular complexity index is 829. The zero-order chi connectivity index (χ0) is 17.1. The van der Waals surface area contributed by atoms with Gasteiger partial charge in [-0.05, 0) is 37.1 Å². The molecule has 1 aliphatic rings. The van der Waals surface area contributed by atoms with Gasteiger partial charge in [-0.15, -0.1) is 0 Å². The molecule has 25 heavy (non-hydrogen) atoms. The van der Waals surface area contributed by atoms with Gasteiger partial charge in [0, 0.05) is 18.3 Å². The SMILES string of the molecule is O=C(c1ccnc(-n2cncn2)c1)N1CCCCC[C@H]1c1ccco1. The first-order chi connectivity index (χ1) is 12.3. The van der Waals surface area contributed by atoms with E-state index in [4.69, 9.17) is 4.42 Å². The van der Waals surface area contributed by atoms with Crippen molar-refractivity contribution in [1.82, 2.24) is 24.6 Å². The molecule has 0 bridgehead atoms. The summed E-state index contributed by atoms with van der Waals surface area (Å²) in [5.74, 6) is 1.42. The van der Waals surface area contributed by atoms with Crippen LogP contribution in [0.25, 0.3) is 5.82 Å². The van der Waals surface area contributed by atoms with Crippen molar-refractivity contribution in [2.75, 3.05) is 6.54 Å². The van der Waals surface area contributed by atoms with E-state index in [1.165, 1.54) is 6.33 Å². The molecular formula is C18H19N5O2. The summed E-state index contributed by atoms with van der Waals surface area (Å²) in [6.07, 6.45) is 10.4. The second-order valence-electron chi connectivity index (χ2n) is 6.12. The Hall–Kier alpha value is -2.96. The van der Waals surface area contributed by atoms with E-state index in [0.717, 1.165) is 38.0 Å². The maximum atomic E-state index is 13.2. The summed E-state index contributed by atoms with van der Waals surface area (Å²) in [5, 5.41) is 4.07. The minimum Gasteiger partial charge on any atom is -0.467 e. The van der Waals surface area contributed by atoms with Crippen molar-refractivity contribution in [3.05, 3.63) is 60.7 Å². The summed E-state index contributed by atoms with van der Waals surface area (Å²) in [4.78, 5) is 23.3. The molecule has 3 aromatic rings. The smallest absolute Gasteiger partial charge is 0.254 e. The Labute approximate surface area is 145 Å². The zero-order valence-corrected chi connectivity index (χ0v) is 13.8. The molecule has 7 nitrogen and oxygen atoms in total. The second kappa shape index (κ2) is 6.88. The van der Waals surface area contributed by atoms with E-state index in [1.54, 1.807) is 35.6 Å². The Morgan fingerprint density at radius 3 is 3.00 bits per heavy atom. The van der Waals surface area contributed by atoms with Gasteiger partial charge in [0.1, 0.15) is 18.4 Å². The van der Waals surface area contributed by atoms with Crippen molar-refractivity contribution >= 4 is 5.91 Å². The molecule has 1 saturated heterocycles. The van der Waals surface area contributed by atoms with Crippen LogP contribution in [0.15, 0.2) is 53.8 Å². The number of pyridine rings is 1. The summed E-state index contributed by atoms with van der Waals surface area (Å²) in [7, 11) is 0. The molecule has 1 amide bonds. The standard InChI is InChI=1S/C18H19N5O2/c24-18(14-7-8-20-17(11-14)23-13-19-12-21-23)22-9-3-1-2-5-15(22)16-6-4-10-25-16/h4,6-8,10-13,15H,1-3,5,9H2/t15-/m0/s1. The van der Waals surface area contributed by atoms with Crippen LogP contribution in [-0.2, 0) is 0 Å². The van der Waals surface area contributed by atoms with Crippen LogP contribution in [0.2, 0.25) is 0 Å².